The van der Waals surface area contributed by atoms with Gasteiger partial charge in [0.15, 0.2) is 5.78 Å². The van der Waals surface area contributed by atoms with E-state index in [1.165, 1.54) is 19.1 Å². The Bertz CT molecular complexity index is 358. The van der Waals surface area contributed by atoms with Gasteiger partial charge in [-0.2, -0.15) is 0 Å². The van der Waals surface area contributed by atoms with E-state index in [1.807, 2.05) is 0 Å². The highest BCUT2D eigenvalue weighted by atomic mass is 79.9. The lowest BCUT2D eigenvalue weighted by atomic mass is 10.2. The van der Waals surface area contributed by atoms with Gasteiger partial charge in [-0.15, -0.1) is 0 Å². The van der Waals surface area contributed by atoms with Gasteiger partial charge in [0.1, 0.15) is 5.82 Å². The van der Waals surface area contributed by atoms with E-state index in [-0.39, 0.29) is 11.6 Å². The Morgan fingerprint density at radius 2 is 2.23 bits per heavy atom. The lowest BCUT2D eigenvalue weighted by Gasteiger charge is -1.97. The molecule has 0 spiro atoms. The van der Waals surface area contributed by atoms with E-state index in [2.05, 4.69) is 15.9 Å². The molecule has 0 fully saturated rings. The molecule has 0 aliphatic rings. The predicted molar refractivity (Wildman–Crippen MR) is 53.8 cm³/mol. The van der Waals surface area contributed by atoms with Crippen LogP contribution in [-0.2, 0) is 4.79 Å². The topological polar surface area (TPSA) is 17.1 Å². The van der Waals surface area contributed by atoms with Crippen LogP contribution in [0.3, 0.4) is 0 Å². The second-order valence-corrected chi connectivity index (χ2v) is 3.44. The molecule has 1 aromatic carbocycles. The molecule has 1 rings (SSSR count). The van der Waals surface area contributed by atoms with Gasteiger partial charge in [0, 0.05) is 5.56 Å². The number of carbonyl (C=O) groups excluding carboxylic acids is 1. The summed E-state index contributed by atoms with van der Waals surface area (Å²) in [4.78, 5) is 10.6. The second-order valence-electron chi connectivity index (χ2n) is 2.59. The molecule has 0 saturated carbocycles. The van der Waals surface area contributed by atoms with Gasteiger partial charge in [-0.05, 0) is 41.1 Å². The minimum absolute atomic E-state index is 0.0978. The molecule has 0 aliphatic heterocycles. The smallest absolute Gasteiger partial charge is 0.152 e. The van der Waals surface area contributed by atoms with Crippen LogP contribution in [0.2, 0.25) is 0 Å². The molecule has 13 heavy (non-hydrogen) atoms. The molecule has 3 heteroatoms. The summed E-state index contributed by atoms with van der Waals surface area (Å²) in [6, 6.07) is 4.94. The van der Waals surface area contributed by atoms with Crippen LogP contribution in [0.4, 0.5) is 4.39 Å². The van der Waals surface area contributed by atoms with Crippen molar-refractivity contribution in [3.05, 3.63) is 40.1 Å². The quantitative estimate of drug-likeness (QED) is 0.729. The predicted octanol–water partition coefficient (Wildman–Crippen LogP) is 3.19. The van der Waals surface area contributed by atoms with Crippen molar-refractivity contribution < 1.29 is 9.18 Å². The van der Waals surface area contributed by atoms with Crippen LogP contribution in [0, 0.1) is 5.82 Å². The highest BCUT2D eigenvalue weighted by Crippen LogP contribution is 2.19. The van der Waals surface area contributed by atoms with Crippen LogP contribution in [0.25, 0.3) is 6.08 Å². The maximum absolute atomic E-state index is 13.2. The van der Waals surface area contributed by atoms with Crippen molar-refractivity contribution in [1.82, 2.24) is 0 Å². The van der Waals surface area contributed by atoms with Crippen molar-refractivity contribution in [1.29, 1.82) is 0 Å². The van der Waals surface area contributed by atoms with Gasteiger partial charge < -0.3 is 0 Å². The Kier molecular flexibility index (Phi) is 3.37. The van der Waals surface area contributed by atoms with Crippen LogP contribution in [0.5, 0.6) is 0 Å². The molecule has 0 bridgehead atoms. The molecule has 1 nitrogen and oxygen atoms in total. The van der Waals surface area contributed by atoms with Crippen LogP contribution in [0.15, 0.2) is 28.7 Å². The zero-order valence-corrected chi connectivity index (χ0v) is 8.64. The fourth-order valence-corrected chi connectivity index (χ4v) is 1.24. The van der Waals surface area contributed by atoms with Gasteiger partial charge in [-0.3, -0.25) is 4.79 Å². The van der Waals surface area contributed by atoms with Crippen LogP contribution in [-0.4, -0.2) is 5.78 Å². The van der Waals surface area contributed by atoms with Gasteiger partial charge in [0.2, 0.25) is 0 Å². The van der Waals surface area contributed by atoms with Gasteiger partial charge in [-0.25, -0.2) is 4.39 Å². The van der Waals surface area contributed by atoms with Crippen molar-refractivity contribution in [2.24, 2.45) is 0 Å². The third-order valence-electron chi connectivity index (χ3n) is 1.48. The van der Waals surface area contributed by atoms with Crippen molar-refractivity contribution in [3.63, 3.8) is 0 Å². The largest absolute Gasteiger partial charge is 0.295 e. The van der Waals surface area contributed by atoms with E-state index >= 15 is 0 Å². The zero-order valence-electron chi connectivity index (χ0n) is 7.05. The van der Waals surface area contributed by atoms with Crippen molar-refractivity contribution in [2.45, 2.75) is 6.92 Å². The third-order valence-corrected chi connectivity index (χ3v) is 2.09. The maximum atomic E-state index is 13.2. The first-order valence-electron chi connectivity index (χ1n) is 3.74. The molecular weight excluding hydrogens is 235 g/mol. The van der Waals surface area contributed by atoms with Crippen LogP contribution in [0.1, 0.15) is 12.5 Å². The summed E-state index contributed by atoms with van der Waals surface area (Å²) in [5.41, 5.74) is 0.407. The number of rotatable bonds is 2. The number of hydrogen-bond acceptors (Lipinski definition) is 1. The van der Waals surface area contributed by atoms with Gasteiger partial charge in [0.25, 0.3) is 0 Å². The first kappa shape index (κ1) is 10.1. The SMILES string of the molecule is CC(=O)/C=C/c1cccc(Br)c1F. The van der Waals surface area contributed by atoms with Crippen molar-refractivity contribution in [3.8, 4) is 0 Å². The third kappa shape index (κ3) is 2.77. The fourth-order valence-electron chi connectivity index (χ4n) is 0.856. The summed E-state index contributed by atoms with van der Waals surface area (Å²) in [7, 11) is 0. The van der Waals surface area contributed by atoms with E-state index in [0.717, 1.165) is 0 Å². The number of carbonyl (C=O) groups is 1. The Morgan fingerprint density at radius 3 is 2.85 bits per heavy atom. The van der Waals surface area contributed by atoms with Crippen LogP contribution < -0.4 is 0 Å². The monoisotopic (exact) mass is 242 g/mol. The van der Waals surface area contributed by atoms with Crippen LogP contribution >= 0.6 is 15.9 Å². The average molecular weight is 243 g/mol. The van der Waals surface area contributed by atoms with Gasteiger partial charge in [0.05, 0.1) is 4.47 Å². The summed E-state index contributed by atoms with van der Waals surface area (Å²) in [6.07, 6.45) is 2.80. The second kappa shape index (κ2) is 4.33. The van der Waals surface area contributed by atoms with Gasteiger partial charge in [-0.1, -0.05) is 12.1 Å². The minimum Gasteiger partial charge on any atom is -0.295 e. The molecule has 68 valence electrons. The number of hydrogen-bond donors (Lipinski definition) is 0. The molecule has 0 aromatic heterocycles. The summed E-state index contributed by atoms with van der Waals surface area (Å²) in [5.74, 6) is -0.445. The fraction of sp³-hybridized carbons (Fsp3) is 0.100. The van der Waals surface area contributed by atoms with E-state index in [1.54, 1.807) is 18.2 Å². The number of benzene rings is 1. The lowest BCUT2D eigenvalue weighted by Crippen LogP contribution is -1.85. The maximum Gasteiger partial charge on any atom is 0.152 e. The first-order valence-corrected chi connectivity index (χ1v) is 4.53. The average Bonchev–Trinajstić information content (AvgIpc) is 2.07. The minimum atomic E-state index is -0.347. The molecule has 0 heterocycles. The van der Waals surface area contributed by atoms with E-state index in [0.29, 0.717) is 10.0 Å². The molecule has 0 aliphatic carbocycles. The Morgan fingerprint density at radius 1 is 1.54 bits per heavy atom. The summed E-state index contributed by atoms with van der Waals surface area (Å²) in [6.45, 7) is 1.42. The first-order chi connectivity index (χ1) is 6.11. The van der Waals surface area contributed by atoms with E-state index < -0.39 is 0 Å². The number of halogens is 2. The summed E-state index contributed by atoms with van der Waals surface area (Å²) < 4.78 is 13.6. The molecule has 0 unspecified atom stereocenters. The van der Waals surface area contributed by atoms with E-state index in [4.69, 9.17) is 0 Å². The molecule has 0 radical (unpaired) electrons. The molecular formula is C10H8BrFO. The molecule has 0 saturated heterocycles. The molecule has 1 aromatic rings. The van der Waals surface area contributed by atoms with Gasteiger partial charge >= 0.3 is 0 Å². The molecule has 0 N–H and O–H groups in total. The number of allylic oxidation sites excluding steroid dienone is 1. The summed E-state index contributed by atoms with van der Waals surface area (Å²) in [5, 5.41) is 0. The van der Waals surface area contributed by atoms with Crippen molar-refractivity contribution in [2.75, 3.05) is 0 Å². The zero-order chi connectivity index (χ0) is 9.84. The molecule has 0 amide bonds. The van der Waals surface area contributed by atoms with E-state index in [9.17, 15) is 9.18 Å². The number of ketones is 1. The lowest BCUT2D eigenvalue weighted by molar-refractivity contribution is -0.112. The summed E-state index contributed by atoms with van der Waals surface area (Å²) >= 11 is 3.06. The highest BCUT2D eigenvalue weighted by molar-refractivity contribution is 9.10. The highest BCUT2D eigenvalue weighted by Gasteiger charge is 2.01. The van der Waals surface area contributed by atoms with Crippen molar-refractivity contribution >= 4 is 27.8 Å². The Hall–Kier alpha value is -0.960. The molecule has 0 atom stereocenters. The standard InChI is InChI=1S/C10H8BrFO/c1-7(13)5-6-8-3-2-4-9(11)10(8)12/h2-6H,1H3/b6-5+. The Labute approximate surface area is 84.4 Å². The Balaban J connectivity index is 3.02. The normalized spacial score (nSPS) is 10.7.